The molecule has 1 saturated heterocycles. The van der Waals surface area contributed by atoms with Crippen molar-refractivity contribution in [2.45, 2.75) is 37.8 Å². The van der Waals surface area contributed by atoms with Gasteiger partial charge in [-0.25, -0.2) is 9.59 Å². The summed E-state index contributed by atoms with van der Waals surface area (Å²) in [5.74, 6) is -1.35. The van der Waals surface area contributed by atoms with Gasteiger partial charge in [0.1, 0.15) is 12.1 Å². The molecule has 1 atom stereocenters. The summed E-state index contributed by atoms with van der Waals surface area (Å²) in [4.78, 5) is 38.1. The van der Waals surface area contributed by atoms with Crippen LogP contribution in [0.25, 0.3) is 11.1 Å². The van der Waals surface area contributed by atoms with Gasteiger partial charge in [-0.15, -0.1) is 0 Å². The van der Waals surface area contributed by atoms with Gasteiger partial charge in [0.15, 0.2) is 11.5 Å². The third-order valence-corrected chi connectivity index (χ3v) is 6.88. The molecular weight excluding hydrogens is 450 g/mol. The molecule has 9 nitrogen and oxygen atoms in total. The zero-order valence-corrected chi connectivity index (χ0v) is 19.2. The molecule has 2 amide bonds. The first-order valence-corrected chi connectivity index (χ1v) is 11.5. The maximum atomic E-state index is 12.8. The average molecular weight is 476 g/mol. The SMILES string of the molecule is C[C@]1(C(=O)O)CCCN1C(=O)c1cc(CNC(=O)OCC2c3ccccc3-c3ccccc32)on1. The van der Waals surface area contributed by atoms with Crippen LogP contribution in [0.3, 0.4) is 0 Å². The molecule has 2 aromatic carbocycles. The van der Waals surface area contributed by atoms with Crippen LogP contribution >= 0.6 is 0 Å². The molecule has 5 rings (SSSR count). The summed E-state index contributed by atoms with van der Waals surface area (Å²) in [5, 5.41) is 15.9. The van der Waals surface area contributed by atoms with Crippen LogP contribution in [-0.2, 0) is 16.1 Å². The van der Waals surface area contributed by atoms with E-state index in [9.17, 15) is 19.5 Å². The van der Waals surface area contributed by atoms with Gasteiger partial charge in [-0.3, -0.25) is 4.79 Å². The highest BCUT2D eigenvalue weighted by atomic mass is 16.5. The van der Waals surface area contributed by atoms with E-state index >= 15 is 0 Å². The Balaban J connectivity index is 1.18. The van der Waals surface area contributed by atoms with Crippen molar-refractivity contribution in [1.29, 1.82) is 0 Å². The van der Waals surface area contributed by atoms with Gasteiger partial charge in [0.25, 0.3) is 5.91 Å². The summed E-state index contributed by atoms with van der Waals surface area (Å²) in [6.45, 7) is 2.03. The second-order valence-corrected chi connectivity index (χ2v) is 9.00. The maximum absolute atomic E-state index is 12.8. The van der Waals surface area contributed by atoms with Crippen molar-refractivity contribution in [3.8, 4) is 11.1 Å². The third-order valence-electron chi connectivity index (χ3n) is 6.88. The van der Waals surface area contributed by atoms with E-state index in [2.05, 4.69) is 22.6 Å². The monoisotopic (exact) mass is 475 g/mol. The highest BCUT2D eigenvalue weighted by molar-refractivity contribution is 5.96. The quantitative estimate of drug-likeness (QED) is 0.556. The fraction of sp³-hybridized carbons (Fsp3) is 0.308. The molecule has 1 aliphatic heterocycles. The number of carbonyl (C=O) groups is 3. The van der Waals surface area contributed by atoms with Crippen molar-refractivity contribution in [3.05, 3.63) is 77.2 Å². The van der Waals surface area contributed by atoms with E-state index in [0.29, 0.717) is 19.4 Å². The Labute approximate surface area is 201 Å². The van der Waals surface area contributed by atoms with E-state index in [1.54, 1.807) is 0 Å². The molecule has 2 aliphatic rings. The lowest BCUT2D eigenvalue weighted by Gasteiger charge is -2.30. The predicted octanol–water partition coefficient (Wildman–Crippen LogP) is 3.79. The minimum atomic E-state index is -1.27. The van der Waals surface area contributed by atoms with E-state index in [1.807, 2.05) is 36.4 Å². The average Bonchev–Trinajstić information content (AvgIpc) is 3.57. The van der Waals surface area contributed by atoms with Crippen LogP contribution in [0, 0.1) is 0 Å². The van der Waals surface area contributed by atoms with Crippen LogP contribution in [0.2, 0.25) is 0 Å². The Morgan fingerprint density at radius 3 is 2.46 bits per heavy atom. The summed E-state index contributed by atoms with van der Waals surface area (Å²) in [5.41, 5.74) is 3.27. The summed E-state index contributed by atoms with van der Waals surface area (Å²) in [6.07, 6.45) is 0.360. The number of hydrogen-bond donors (Lipinski definition) is 2. The van der Waals surface area contributed by atoms with Crippen LogP contribution in [0.4, 0.5) is 4.79 Å². The van der Waals surface area contributed by atoms with Crippen LogP contribution in [0.1, 0.15) is 53.1 Å². The van der Waals surface area contributed by atoms with Gasteiger partial charge in [0.2, 0.25) is 0 Å². The van der Waals surface area contributed by atoms with E-state index in [4.69, 9.17) is 9.26 Å². The number of ether oxygens (including phenoxy) is 1. The van der Waals surface area contributed by atoms with Gasteiger partial charge in [0, 0.05) is 18.5 Å². The van der Waals surface area contributed by atoms with Crippen molar-refractivity contribution < 1.29 is 28.8 Å². The van der Waals surface area contributed by atoms with Gasteiger partial charge in [0.05, 0.1) is 6.54 Å². The number of fused-ring (bicyclic) bond motifs is 3. The van der Waals surface area contributed by atoms with Gasteiger partial charge < -0.3 is 24.6 Å². The van der Waals surface area contributed by atoms with Crippen molar-refractivity contribution >= 4 is 18.0 Å². The molecule has 2 N–H and O–H groups in total. The summed E-state index contributed by atoms with van der Waals surface area (Å²) < 4.78 is 10.7. The molecule has 35 heavy (non-hydrogen) atoms. The number of carboxylic acid groups (broad SMARTS) is 1. The first kappa shape index (κ1) is 22.6. The van der Waals surface area contributed by atoms with Crippen LogP contribution in [0.5, 0.6) is 0 Å². The molecule has 0 spiro atoms. The molecule has 0 bridgehead atoms. The molecular formula is C26H25N3O6. The van der Waals surface area contributed by atoms with Gasteiger partial charge in [-0.05, 0) is 42.0 Å². The van der Waals surface area contributed by atoms with Crippen molar-refractivity contribution in [3.63, 3.8) is 0 Å². The number of aromatic nitrogens is 1. The number of rotatable bonds is 6. The molecule has 0 radical (unpaired) electrons. The number of carbonyl (C=O) groups excluding carboxylic acids is 2. The molecule has 1 fully saturated rings. The van der Waals surface area contributed by atoms with Crippen molar-refractivity contribution in [2.24, 2.45) is 0 Å². The zero-order valence-electron chi connectivity index (χ0n) is 19.2. The standard InChI is InChI=1S/C26H25N3O6/c1-26(24(31)32)11-6-12-29(26)23(30)22-13-16(35-28-22)14-27-25(33)34-15-21-19-9-4-2-7-17(19)18-8-3-5-10-20(18)21/h2-5,7-10,13,21H,6,11-12,14-15H2,1H3,(H,27,33)(H,31,32)/t26-/m1/s1. The summed E-state index contributed by atoms with van der Waals surface area (Å²) in [7, 11) is 0. The molecule has 2 heterocycles. The van der Waals surface area contributed by atoms with E-state index in [1.165, 1.54) is 17.9 Å². The molecule has 3 aromatic rings. The Bertz CT molecular complexity index is 1260. The third kappa shape index (κ3) is 4.03. The maximum Gasteiger partial charge on any atom is 0.407 e. The van der Waals surface area contributed by atoms with Crippen LogP contribution < -0.4 is 5.32 Å². The van der Waals surface area contributed by atoms with Crippen molar-refractivity contribution in [2.75, 3.05) is 13.2 Å². The highest BCUT2D eigenvalue weighted by Crippen LogP contribution is 2.44. The topological polar surface area (TPSA) is 122 Å². The minimum absolute atomic E-state index is 0.00344. The van der Waals surface area contributed by atoms with E-state index < -0.39 is 23.5 Å². The summed E-state index contributed by atoms with van der Waals surface area (Å²) in [6, 6.07) is 17.6. The Kier molecular flexibility index (Phi) is 5.76. The first-order valence-electron chi connectivity index (χ1n) is 11.5. The fourth-order valence-electron chi connectivity index (χ4n) is 4.96. The number of benzene rings is 2. The lowest BCUT2D eigenvalue weighted by molar-refractivity contribution is -0.147. The summed E-state index contributed by atoms with van der Waals surface area (Å²) >= 11 is 0. The Morgan fingerprint density at radius 1 is 1.14 bits per heavy atom. The molecule has 0 saturated carbocycles. The second kappa shape index (κ2) is 8.90. The largest absolute Gasteiger partial charge is 0.480 e. The van der Waals surface area contributed by atoms with Gasteiger partial charge >= 0.3 is 12.1 Å². The normalized spacial score (nSPS) is 18.7. The lowest BCUT2D eigenvalue weighted by atomic mass is 9.98. The molecule has 1 aliphatic carbocycles. The highest BCUT2D eigenvalue weighted by Gasteiger charge is 2.46. The molecule has 0 unspecified atom stereocenters. The number of carboxylic acids is 1. The van der Waals surface area contributed by atoms with Crippen LogP contribution in [-0.4, -0.2) is 51.8 Å². The number of nitrogens with zero attached hydrogens (tertiary/aromatic N) is 2. The number of likely N-dealkylation sites (tertiary alicyclic amines) is 1. The number of hydrogen-bond acceptors (Lipinski definition) is 6. The van der Waals surface area contributed by atoms with Crippen LogP contribution in [0.15, 0.2) is 59.1 Å². The van der Waals surface area contributed by atoms with Gasteiger partial charge in [-0.1, -0.05) is 53.7 Å². The molecule has 1 aromatic heterocycles. The first-order chi connectivity index (χ1) is 16.9. The fourth-order valence-corrected chi connectivity index (χ4v) is 4.96. The zero-order chi connectivity index (χ0) is 24.6. The Hall–Kier alpha value is -4.14. The van der Waals surface area contributed by atoms with E-state index in [-0.39, 0.29) is 30.5 Å². The van der Waals surface area contributed by atoms with Gasteiger partial charge in [-0.2, -0.15) is 0 Å². The minimum Gasteiger partial charge on any atom is -0.480 e. The number of alkyl carbamates (subject to hydrolysis) is 1. The molecule has 180 valence electrons. The van der Waals surface area contributed by atoms with E-state index in [0.717, 1.165) is 22.3 Å². The number of amides is 2. The van der Waals surface area contributed by atoms with Crippen molar-refractivity contribution in [1.82, 2.24) is 15.4 Å². The smallest absolute Gasteiger partial charge is 0.407 e. The number of aliphatic carboxylic acids is 1. The number of nitrogens with one attached hydrogen (secondary N) is 1. The lowest BCUT2D eigenvalue weighted by Crippen LogP contribution is -2.50. The molecule has 9 heteroatoms. The Morgan fingerprint density at radius 2 is 1.80 bits per heavy atom. The second-order valence-electron chi connectivity index (χ2n) is 9.00. The predicted molar refractivity (Wildman–Crippen MR) is 125 cm³/mol.